The molecule has 4 heteroatoms. The summed E-state index contributed by atoms with van der Waals surface area (Å²) in [4.78, 5) is 15.2. The zero-order valence-electron chi connectivity index (χ0n) is 7.92. The maximum Gasteiger partial charge on any atom is 0.162 e. The fourth-order valence-electron chi connectivity index (χ4n) is 1.38. The van der Waals surface area contributed by atoms with Crippen LogP contribution in [-0.4, -0.2) is 10.8 Å². The molecule has 0 N–H and O–H groups in total. The van der Waals surface area contributed by atoms with Crippen LogP contribution < -0.4 is 0 Å². The van der Waals surface area contributed by atoms with E-state index in [1.807, 2.05) is 0 Å². The molecule has 0 atom stereocenters. The van der Waals surface area contributed by atoms with Crippen molar-refractivity contribution in [2.24, 2.45) is 0 Å². The predicted octanol–water partition coefficient (Wildman–Crippen LogP) is 3.23. The van der Waals surface area contributed by atoms with Gasteiger partial charge in [0.05, 0.1) is 16.1 Å². The van der Waals surface area contributed by atoms with Crippen molar-refractivity contribution in [2.75, 3.05) is 0 Å². The number of hydrogen-bond donors (Lipinski definition) is 0. The van der Waals surface area contributed by atoms with Gasteiger partial charge in [0.2, 0.25) is 0 Å². The van der Waals surface area contributed by atoms with Crippen molar-refractivity contribution in [1.29, 1.82) is 0 Å². The maximum absolute atomic E-state index is 12.9. The van der Waals surface area contributed by atoms with Crippen molar-refractivity contribution >= 4 is 28.3 Å². The first kappa shape index (κ1) is 10.1. The van der Waals surface area contributed by atoms with Gasteiger partial charge in [-0.3, -0.25) is 9.78 Å². The molecule has 0 amide bonds. The molecule has 1 aromatic carbocycles. The lowest BCUT2D eigenvalue weighted by Gasteiger charge is -2.03. The highest BCUT2D eigenvalue weighted by atomic mass is 35.5. The van der Waals surface area contributed by atoms with E-state index in [4.69, 9.17) is 11.6 Å². The van der Waals surface area contributed by atoms with Crippen LogP contribution in [-0.2, 0) is 0 Å². The van der Waals surface area contributed by atoms with Gasteiger partial charge in [0.15, 0.2) is 5.78 Å². The number of benzene rings is 1. The lowest BCUT2D eigenvalue weighted by atomic mass is 10.1. The summed E-state index contributed by atoms with van der Waals surface area (Å²) in [5, 5.41) is 0.915. The van der Waals surface area contributed by atoms with Gasteiger partial charge in [-0.2, -0.15) is 0 Å². The van der Waals surface area contributed by atoms with Crippen LogP contribution in [0.15, 0.2) is 24.4 Å². The van der Waals surface area contributed by atoms with E-state index >= 15 is 0 Å². The predicted molar refractivity (Wildman–Crippen MR) is 56.7 cm³/mol. The highest BCUT2D eigenvalue weighted by Gasteiger charge is 2.10. The quantitative estimate of drug-likeness (QED) is 0.695. The smallest absolute Gasteiger partial charge is 0.162 e. The van der Waals surface area contributed by atoms with Crippen LogP contribution in [0.1, 0.15) is 17.3 Å². The van der Waals surface area contributed by atoms with Gasteiger partial charge in [0.25, 0.3) is 0 Å². The van der Waals surface area contributed by atoms with Gasteiger partial charge in [0, 0.05) is 17.6 Å². The average Bonchev–Trinajstić information content (AvgIpc) is 2.17. The van der Waals surface area contributed by atoms with Crippen LogP contribution in [0.2, 0.25) is 5.02 Å². The number of carbonyl (C=O) groups excluding carboxylic acids is 1. The van der Waals surface area contributed by atoms with E-state index in [2.05, 4.69) is 4.98 Å². The molecule has 1 heterocycles. The number of aromatic nitrogens is 1. The Morgan fingerprint density at radius 2 is 2.20 bits per heavy atom. The summed E-state index contributed by atoms with van der Waals surface area (Å²) in [7, 11) is 0. The van der Waals surface area contributed by atoms with Gasteiger partial charge < -0.3 is 0 Å². The molecule has 0 aliphatic heterocycles. The first-order valence-corrected chi connectivity index (χ1v) is 4.72. The van der Waals surface area contributed by atoms with E-state index in [-0.39, 0.29) is 11.6 Å². The molecule has 0 fully saturated rings. The molecule has 1 aromatic heterocycles. The van der Waals surface area contributed by atoms with Crippen molar-refractivity contribution in [3.63, 3.8) is 0 Å². The van der Waals surface area contributed by atoms with Crippen molar-refractivity contribution < 1.29 is 9.18 Å². The van der Waals surface area contributed by atoms with Gasteiger partial charge in [-0.05, 0) is 19.1 Å². The Morgan fingerprint density at radius 3 is 2.87 bits per heavy atom. The Bertz CT molecular complexity index is 554. The highest BCUT2D eigenvalue weighted by Crippen LogP contribution is 2.26. The van der Waals surface area contributed by atoms with E-state index in [0.29, 0.717) is 21.5 Å². The summed E-state index contributed by atoms with van der Waals surface area (Å²) in [6, 6.07) is 4.09. The summed E-state index contributed by atoms with van der Waals surface area (Å²) < 4.78 is 12.9. The summed E-state index contributed by atoms with van der Waals surface area (Å²) in [5.41, 5.74) is 0.806. The molecular weight excluding hydrogens is 217 g/mol. The molecule has 15 heavy (non-hydrogen) atoms. The summed E-state index contributed by atoms with van der Waals surface area (Å²) >= 11 is 6.01. The van der Waals surface area contributed by atoms with Gasteiger partial charge in [-0.1, -0.05) is 11.6 Å². The molecule has 0 radical (unpaired) electrons. The van der Waals surface area contributed by atoms with E-state index in [9.17, 15) is 9.18 Å². The number of carbonyl (C=O) groups is 1. The summed E-state index contributed by atoms with van der Waals surface area (Å²) in [5.74, 6) is -0.527. The third kappa shape index (κ3) is 1.70. The second-order valence-electron chi connectivity index (χ2n) is 3.20. The van der Waals surface area contributed by atoms with Gasteiger partial charge in [0.1, 0.15) is 5.82 Å². The largest absolute Gasteiger partial charge is 0.294 e. The number of ketones is 1. The molecule has 0 saturated carbocycles. The van der Waals surface area contributed by atoms with Crippen LogP contribution in [0.3, 0.4) is 0 Å². The summed E-state index contributed by atoms with van der Waals surface area (Å²) in [6.07, 6.45) is 1.37. The number of rotatable bonds is 1. The van der Waals surface area contributed by atoms with E-state index in [0.717, 1.165) is 0 Å². The first-order chi connectivity index (χ1) is 7.09. The zero-order chi connectivity index (χ0) is 11.0. The number of hydrogen-bond acceptors (Lipinski definition) is 2. The Morgan fingerprint density at radius 1 is 1.47 bits per heavy atom. The van der Waals surface area contributed by atoms with Crippen molar-refractivity contribution in [3.05, 3.63) is 40.8 Å². The normalized spacial score (nSPS) is 10.6. The van der Waals surface area contributed by atoms with Crippen LogP contribution in [0.5, 0.6) is 0 Å². The lowest BCUT2D eigenvalue weighted by Crippen LogP contribution is -1.96. The molecule has 76 valence electrons. The molecular formula is C11H7ClFNO. The van der Waals surface area contributed by atoms with E-state index < -0.39 is 0 Å². The molecule has 0 bridgehead atoms. The average molecular weight is 224 g/mol. The van der Waals surface area contributed by atoms with Crippen LogP contribution in [0.4, 0.5) is 4.39 Å². The number of halogens is 2. The number of fused-ring (bicyclic) bond motifs is 1. The minimum atomic E-state index is -0.373. The topological polar surface area (TPSA) is 30.0 Å². The van der Waals surface area contributed by atoms with Crippen molar-refractivity contribution in [2.45, 2.75) is 6.92 Å². The monoisotopic (exact) mass is 223 g/mol. The number of pyridine rings is 1. The second kappa shape index (κ2) is 3.59. The van der Waals surface area contributed by atoms with E-state index in [1.54, 1.807) is 0 Å². The Balaban J connectivity index is 2.80. The molecule has 0 spiro atoms. The molecule has 2 aromatic rings. The number of nitrogens with zero attached hydrogens (tertiary/aromatic N) is 1. The standard InChI is InChI=1S/C11H7ClFNO/c1-6(15)9-5-14-10-4-7(13)2-3-8(10)11(9)12/h2-5H,1H3. The maximum atomic E-state index is 12.9. The fraction of sp³-hybridized carbons (Fsp3) is 0.0909. The second-order valence-corrected chi connectivity index (χ2v) is 3.58. The Labute approximate surface area is 90.7 Å². The third-order valence-corrected chi connectivity index (χ3v) is 2.55. The minimum Gasteiger partial charge on any atom is -0.294 e. The van der Waals surface area contributed by atoms with E-state index in [1.165, 1.54) is 31.3 Å². The van der Waals surface area contributed by atoms with Gasteiger partial charge in [-0.25, -0.2) is 4.39 Å². The Hall–Kier alpha value is -1.48. The fourth-order valence-corrected chi connectivity index (χ4v) is 1.72. The third-order valence-electron chi connectivity index (χ3n) is 2.14. The SMILES string of the molecule is CC(=O)c1cnc2cc(F)ccc2c1Cl. The molecule has 0 aliphatic carbocycles. The minimum absolute atomic E-state index is 0.154. The van der Waals surface area contributed by atoms with Gasteiger partial charge in [-0.15, -0.1) is 0 Å². The molecule has 2 rings (SSSR count). The molecule has 0 aliphatic rings. The molecule has 0 unspecified atom stereocenters. The molecule has 2 nitrogen and oxygen atoms in total. The molecule has 0 saturated heterocycles. The Kier molecular flexibility index (Phi) is 2.40. The van der Waals surface area contributed by atoms with Gasteiger partial charge >= 0.3 is 0 Å². The number of Topliss-reactive ketones (excluding diaryl/α,β-unsaturated/α-hetero) is 1. The van der Waals surface area contributed by atoms with Crippen LogP contribution in [0.25, 0.3) is 10.9 Å². The lowest BCUT2D eigenvalue weighted by molar-refractivity contribution is 0.101. The van der Waals surface area contributed by atoms with Crippen molar-refractivity contribution in [3.8, 4) is 0 Å². The van der Waals surface area contributed by atoms with Crippen molar-refractivity contribution in [1.82, 2.24) is 4.98 Å². The van der Waals surface area contributed by atoms with Crippen LogP contribution >= 0.6 is 11.6 Å². The zero-order valence-corrected chi connectivity index (χ0v) is 8.68. The summed E-state index contributed by atoms with van der Waals surface area (Å²) in [6.45, 7) is 1.41. The first-order valence-electron chi connectivity index (χ1n) is 4.34. The van der Waals surface area contributed by atoms with Crippen LogP contribution in [0, 0.1) is 5.82 Å². The highest BCUT2D eigenvalue weighted by molar-refractivity contribution is 6.38.